The van der Waals surface area contributed by atoms with E-state index < -0.39 is 19.3 Å². The average molecular weight is 360 g/mol. The summed E-state index contributed by atoms with van der Waals surface area (Å²) in [6.45, 7) is 1.67. The molecule has 124 valence electrons. The van der Waals surface area contributed by atoms with Crippen LogP contribution in [0.2, 0.25) is 6.04 Å². The van der Waals surface area contributed by atoms with Gasteiger partial charge in [-0.15, -0.1) is 0 Å². The van der Waals surface area contributed by atoms with Gasteiger partial charge in [0.15, 0.2) is 0 Å². The molecule has 0 heterocycles. The highest BCUT2D eigenvalue weighted by atomic mass is 35.5. The van der Waals surface area contributed by atoms with Gasteiger partial charge in [-0.25, -0.2) is 0 Å². The maximum Gasteiger partial charge on any atom is 0.500 e. The third-order valence-corrected chi connectivity index (χ3v) is 6.35. The minimum absolute atomic E-state index is 0.236. The van der Waals surface area contributed by atoms with Gasteiger partial charge in [-0.05, 0) is 36.2 Å². The van der Waals surface area contributed by atoms with Crippen LogP contribution < -0.4 is 0 Å². The molecule has 6 nitrogen and oxygen atoms in total. The van der Waals surface area contributed by atoms with Crippen molar-refractivity contribution in [1.29, 1.82) is 0 Å². The summed E-state index contributed by atoms with van der Waals surface area (Å²) in [7, 11) is 2.11. The number of nitrogens with zero attached hydrogens (tertiary/aromatic N) is 1. The summed E-state index contributed by atoms with van der Waals surface area (Å²) in [4.78, 5) is 23.7. The summed E-state index contributed by atoms with van der Waals surface area (Å²) in [5.74, 6) is 0. The third kappa shape index (κ3) is 9.57. The third-order valence-electron chi connectivity index (χ3n) is 3.14. The van der Waals surface area contributed by atoms with E-state index in [0.717, 1.165) is 6.42 Å². The lowest BCUT2D eigenvalue weighted by Crippen LogP contribution is -2.43. The molecule has 0 radical (unpaired) electrons. The lowest BCUT2D eigenvalue weighted by atomic mass is 10.3. The van der Waals surface area contributed by atoms with Crippen molar-refractivity contribution < 1.29 is 22.9 Å². The highest BCUT2D eigenvalue weighted by Crippen LogP contribution is 2.15. The van der Waals surface area contributed by atoms with Crippen LogP contribution in [0.1, 0.15) is 19.3 Å². The van der Waals surface area contributed by atoms with Gasteiger partial charge in [0.05, 0.1) is 0 Å². The number of hydrogen-bond donors (Lipinski definition) is 0. The van der Waals surface area contributed by atoms with Crippen LogP contribution in [0.5, 0.6) is 0 Å². The molecule has 0 saturated carbocycles. The zero-order valence-electron chi connectivity index (χ0n) is 12.7. The van der Waals surface area contributed by atoms with Gasteiger partial charge in [-0.3, -0.25) is 9.59 Å². The maximum atomic E-state index is 10.9. The number of carbonyl (C=O) groups excluding carboxylic acids is 2. The predicted molar refractivity (Wildman–Crippen MR) is 83.6 cm³/mol. The van der Waals surface area contributed by atoms with Crippen LogP contribution in [0, 0.1) is 0 Å². The molecule has 9 heteroatoms. The largest absolute Gasteiger partial charge is 0.500 e. The fraction of sp³-hybridized carbons (Fsp3) is 0.833. The number of hydrogen-bond acceptors (Lipinski definition) is 6. The molecule has 0 saturated heterocycles. The number of halogens is 2. The smallest absolute Gasteiger partial charge is 0.377 e. The van der Waals surface area contributed by atoms with Gasteiger partial charge < -0.3 is 18.2 Å². The summed E-state index contributed by atoms with van der Waals surface area (Å²) < 4.78 is 16.0. The molecular weight excluding hydrogens is 337 g/mol. The van der Waals surface area contributed by atoms with E-state index in [0.29, 0.717) is 25.7 Å². The maximum absolute atomic E-state index is 10.9. The van der Waals surface area contributed by atoms with E-state index in [4.69, 9.17) is 36.5 Å². The monoisotopic (exact) mass is 359 g/mol. The minimum atomic E-state index is -2.59. The second kappa shape index (κ2) is 11.5. The second-order valence-electron chi connectivity index (χ2n) is 4.45. The summed E-state index contributed by atoms with van der Waals surface area (Å²) >= 11 is 10.7. The molecule has 21 heavy (non-hydrogen) atoms. The van der Waals surface area contributed by atoms with E-state index in [1.54, 1.807) is 21.3 Å². The summed E-state index contributed by atoms with van der Waals surface area (Å²) in [6, 6.07) is 0.649. The van der Waals surface area contributed by atoms with Gasteiger partial charge in [-0.2, -0.15) is 0 Å². The van der Waals surface area contributed by atoms with Crippen molar-refractivity contribution in [3.63, 3.8) is 0 Å². The Morgan fingerprint density at radius 1 is 0.905 bits per heavy atom. The van der Waals surface area contributed by atoms with Gasteiger partial charge in [-0.1, -0.05) is 0 Å². The van der Waals surface area contributed by atoms with Crippen LogP contribution in [0.3, 0.4) is 0 Å². The van der Waals surface area contributed by atoms with Crippen LogP contribution in [0.4, 0.5) is 0 Å². The molecule has 0 aromatic heterocycles. The van der Waals surface area contributed by atoms with E-state index in [9.17, 15) is 9.59 Å². The molecule has 0 N–H and O–H groups in total. The van der Waals surface area contributed by atoms with E-state index in [2.05, 4.69) is 0 Å². The van der Waals surface area contributed by atoms with E-state index >= 15 is 0 Å². The first-order valence-corrected chi connectivity index (χ1v) is 9.32. The molecule has 0 spiro atoms. The van der Waals surface area contributed by atoms with Crippen LogP contribution in [0.25, 0.3) is 0 Å². The van der Waals surface area contributed by atoms with Gasteiger partial charge in [0.25, 0.3) is 0 Å². The number of rotatable bonds is 13. The molecular formula is C12H23Cl2NO5Si. The van der Waals surface area contributed by atoms with Crippen molar-refractivity contribution in [1.82, 2.24) is 4.90 Å². The molecule has 0 rings (SSSR count). The molecule has 0 aliphatic rings. The van der Waals surface area contributed by atoms with E-state index in [-0.39, 0.29) is 12.8 Å². The molecule has 0 aliphatic carbocycles. The Kier molecular flexibility index (Phi) is 11.5. The summed E-state index contributed by atoms with van der Waals surface area (Å²) in [6.07, 6.45) is 1.23. The average Bonchev–Trinajstić information content (AvgIpc) is 2.46. The van der Waals surface area contributed by atoms with Gasteiger partial charge in [0.2, 0.25) is 10.5 Å². The minimum Gasteiger partial charge on any atom is -0.377 e. The van der Waals surface area contributed by atoms with Crippen molar-refractivity contribution in [2.24, 2.45) is 0 Å². The molecule has 0 bridgehead atoms. The topological polar surface area (TPSA) is 65.1 Å². The van der Waals surface area contributed by atoms with Gasteiger partial charge in [0.1, 0.15) is 0 Å². The Morgan fingerprint density at radius 3 is 1.67 bits per heavy atom. The Morgan fingerprint density at radius 2 is 1.33 bits per heavy atom. The molecule has 0 amide bonds. The van der Waals surface area contributed by atoms with Crippen molar-refractivity contribution in [2.75, 3.05) is 41.0 Å². The zero-order chi connectivity index (χ0) is 16.3. The highest BCUT2D eigenvalue weighted by molar-refractivity contribution is 6.63. The van der Waals surface area contributed by atoms with Crippen LogP contribution >= 0.6 is 23.2 Å². The normalized spacial score (nSPS) is 11.9. The molecule has 0 fully saturated rings. The van der Waals surface area contributed by atoms with E-state index in [1.807, 2.05) is 4.90 Å². The van der Waals surface area contributed by atoms with Crippen molar-refractivity contribution in [3.8, 4) is 0 Å². The molecule has 0 aliphatic heterocycles. The fourth-order valence-corrected chi connectivity index (χ4v) is 3.78. The fourth-order valence-electron chi connectivity index (χ4n) is 1.90. The Balaban J connectivity index is 4.31. The molecule has 0 unspecified atom stereocenters. The van der Waals surface area contributed by atoms with Crippen molar-refractivity contribution in [3.05, 3.63) is 0 Å². The highest BCUT2D eigenvalue weighted by Gasteiger charge is 2.37. The lowest BCUT2D eigenvalue weighted by molar-refractivity contribution is -0.112. The Labute approximate surface area is 137 Å². The summed E-state index contributed by atoms with van der Waals surface area (Å²) in [5, 5.41) is -0.793. The zero-order valence-corrected chi connectivity index (χ0v) is 15.2. The molecule has 0 aromatic rings. The summed E-state index contributed by atoms with van der Waals surface area (Å²) in [5.41, 5.74) is 0. The predicted octanol–water partition coefficient (Wildman–Crippen LogP) is 1.87. The SMILES string of the molecule is CO[Si](CCCN(CCC(=O)Cl)CCC(=O)Cl)(OC)OC. The number of carbonyl (C=O) groups is 2. The Hall–Kier alpha value is -0.0231. The molecule has 0 aromatic carbocycles. The first kappa shape index (κ1) is 21.0. The van der Waals surface area contributed by atoms with Crippen molar-refractivity contribution in [2.45, 2.75) is 25.3 Å². The standard InChI is InChI=1S/C12H23Cl2NO5Si/c1-18-21(19-2,20-3)10-4-7-15(8-5-11(13)16)9-6-12(14)17/h4-10H2,1-3H3. The lowest BCUT2D eigenvalue weighted by Gasteiger charge is -2.26. The van der Waals surface area contributed by atoms with Crippen LogP contribution in [-0.4, -0.2) is 65.2 Å². The van der Waals surface area contributed by atoms with Gasteiger partial charge in [0, 0.05) is 53.3 Å². The Bertz CT molecular complexity index is 303. The first-order chi connectivity index (χ1) is 9.89. The van der Waals surface area contributed by atoms with Crippen molar-refractivity contribution >= 4 is 42.5 Å². The quantitative estimate of drug-likeness (QED) is 0.369. The van der Waals surface area contributed by atoms with E-state index in [1.165, 1.54) is 0 Å². The first-order valence-electron chi connectivity index (χ1n) is 6.63. The van der Waals surface area contributed by atoms with Crippen LogP contribution in [-0.2, 0) is 22.9 Å². The van der Waals surface area contributed by atoms with Crippen LogP contribution in [0.15, 0.2) is 0 Å². The van der Waals surface area contributed by atoms with Gasteiger partial charge >= 0.3 is 8.80 Å². The molecule has 0 atom stereocenters. The second-order valence-corrected chi connectivity index (χ2v) is 8.38.